The van der Waals surface area contributed by atoms with Gasteiger partial charge in [-0.2, -0.15) is 0 Å². The van der Waals surface area contributed by atoms with Gasteiger partial charge in [-0.3, -0.25) is 14.6 Å². The van der Waals surface area contributed by atoms with Crippen LogP contribution in [-0.4, -0.2) is 66.4 Å². The molecule has 2 fully saturated rings. The highest BCUT2D eigenvalue weighted by atomic mass is 35.5. The number of rotatable bonds is 5. The predicted molar refractivity (Wildman–Crippen MR) is 107 cm³/mol. The van der Waals surface area contributed by atoms with Crippen molar-refractivity contribution in [1.29, 1.82) is 0 Å². The quantitative estimate of drug-likeness (QED) is 0.788. The van der Waals surface area contributed by atoms with E-state index in [4.69, 9.17) is 16.0 Å². The number of benzene rings is 1. The minimum absolute atomic E-state index is 0.288. The number of hydrogen-bond donors (Lipinski definition) is 0. The molecular formula is C21H26ClN3O2. The molecule has 2 aromatic rings. The lowest BCUT2D eigenvalue weighted by molar-refractivity contribution is -0.131. The summed E-state index contributed by atoms with van der Waals surface area (Å²) in [5.74, 6) is 2.05. The summed E-state index contributed by atoms with van der Waals surface area (Å²) >= 11 is 6.26. The van der Waals surface area contributed by atoms with Gasteiger partial charge in [0.25, 0.3) is 0 Å². The molecule has 1 amide bonds. The normalized spacial score (nSPS) is 18.9. The summed E-state index contributed by atoms with van der Waals surface area (Å²) in [6.07, 6.45) is 2.30. The largest absolute Gasteiger partial charge is 0.460 e. The Balaban J connectivity index is 1.27. The summed E-state index contributed by atoms with van der Waals surface area (Å²) in [6.45, 7) is 6.99. The van der Waals surface area contributed by atoms with Gasteiger partial charge in [-0.1, -0.05) is 23.7 Å². The SMILES string of the molecule is O=C(CN1CCN(Cc2ccc(-c3ccccc3Cl)o2)CC1)N1CCCC1. The first kappa shape index (κ1) is 18.5. The minimum atomic E-state index is 0.288. The molecule has 0 radical (unpaired) electrons. The van der Waals surface area contributed by atoms with Crippen molar-refractivity contribution >= 4 is 17.5 Å². The maximum absolute atomic E-state index is 12.3. The third-order valence-corrected chi connectivity index (χ3v) is 5.79. The molecule has 4 rings (SSSR count). The number of amides is 1. The molecule has 2 saturated heterocycles. The van der Waals surface area contributed by atoms with Gasteiger partial charge in [0.15, 0.2) is 0 Å². The van der Waals surface area contributed by atoms with Gasteiger partial charge in [-0.25, -0.2) is 0 Å². The van der Waals surface area contributed by atoms with Crippen LogP contribution in [0.1, 0.15) is 18.6 Å². The van der Waals surface area contributed by atoms with Crippen LogP contribution >= 0.6 is 11.6 Å². The zero-order valence-corrected chi connectivity index (χ0v) is 16.3. The van der Waals surface area contributed by atoms with E-state index in [0.717, 1.165) is 75.7 Å². The third kappa shape index (κ3) is 4.54. The molecule has 144 valence electrons. The summed E-state index contributed by atoms with van der Waals surface area (Å²) < 4.78 is 6.01. The Labute approximate surface area is 165 Å². The second-order valence-electron chi connectivity index (χ2n) is 7.39. The summed E-state index contributed by atoms with van der Waals surface area (Å²) in [4.78, 5) is 19.0. The van der Waals surface area contributed by atoms with E-state index < -0.39 is 0 Å². The van der Waals surface area contributed by atoms with Crippen LogP contribution in [0.15, 0.2) is 40.8 Å². The van der Waals surface area contributed by atoms with Gasteiger partial charge in [0.2, 0.25) is 5.91 Å². The van der Waals surface area contributed by atoms with E-state index >= 15 is 0 Å². The molecule has 0 aliphatic carbocycles. The van der Waals surface area contributed by atoms with Gasteiger partial charge in [-0.15, -0.1) is 0 Å². The molecule has 1 aromatic carbocycles. The van der Waals surface area contributed by atoms with Gasteiger partial charge in [-0.05, 0) is 37.1 Å². The number of nitrogens with zero attached hydrogens (tertiary/aromatic N) is 3. The Bertz CT molecular complexity index is 777. The lowest BCUT2D eigenvalue weighted by atomic mass is 10.2. The van der Waals surface area contributed by atoms with Gasteiger partial charge in [0, 0.05) is 44.8 Å². The second-order valence-corrected chi connectivity index (χ2v) is 7.79. The molecule has 2 aliphatic heterocycles. The molecule has 0 atom stereocenters. The molecule has 2 aliphatic rings. The molecule has 0 saturated carbocycles. The first-order chi connectivity index (χ1) is 13.2. The highest BCUT2D eigenvalue weighted by molar-refractivity contribution is 6.33. The van der Waals surface area contributed by atoms with E-state index in [1.54, 1.807) is 0 Å². The number of carbonyl (C=O) groups excluding carboxylic acids is 1. The van der Waals surface area contributed by atoms with Crippen LogP contribution < -0.4 is 0 Å². The number of halogens is 1. The van der Waals surface area contributed by atoms with Crippen molar-refractivity contribution in [3.63, 3.8) is 0 Å². The van der Waals surface area contributed by atoms with Gasteiger partial charge >= 0.3 is 0 Å². The van der Waals surface area contributed by atoms with Crippen molar-refractivity contribution in [2.75, 3.05) is 45.8 Å². The Morgan fingerprint density at radius 1 is 0.926 bits per heavy atom. The summed E-state index contributed by atoms with van der Waals surface area (Å²) in [5, 5.41) is 0.703. The number of likely N-dealkylation sites (tertiary alicyclic amines) is 1. The van der Waals surface area contributed by atoms with E-state index in [0.29, 0.717) is 11.6 Å². The summed E-state index contributed by atoms with van der Waals surface area (Å²) in [5.41, 5.74) is 0.927. The Morgan fingerprint density at radius 2 is 1.63 bits per heavy atom. The summed E-state index contributed by atoms with van der Waals surface area (Å²) in [7, 11) is 0. The Morgan fingerprint density at radius 3 is 2.37 bits per heavy atom. The highest BCUT2D eigenvalue weighted by Gasteiger charge is 2.23. The number of carbonyl (C=O) groups is 1. The van der Waals surface area contributed by atoms with E-state index in [1.165, 1.54) is 0 Å². The Kier molecular flexibility index (Phi) is 5.81. The maximum atomic E-state index is 12.3. The molecule has 27 heavy (non-hydrogen) atoms. The molecule has 0 bridgehead atoms. The molecule has 3 heterocycles. The molecule has 0 spiro atoms. The van der Waals surface area contributed by atoms with Crippen molar-refractivity contribution in [3.8, 4) is 11.3 Å². The summed E-state index contributed by atoms with van der Waals surface area (Å²) in [6, 6.07) is 11.8. The predicted octanol–water partition coefficient (Wildman–Crippen LogP) is 3.34. The van der Waals surface area contributed by atoms with Crippen LogP contribution in [0.5, 0.6) is 0 Å². The first-order valence-electron chi connectivity index (χ1n) is 9.75. The fraction of sp³-hybridized carbons (Fsp3) is 0.476. The first-order valence-corrected chi connectivity index (χ1v) is 10.1. The molecule has 0 N–H and O–H groups in total. The smallest absolute Gasteiger partial charge is 0.236 e. The lowest BCUT2D eigenvalue weighted by Gasteiger charge is -2.34. The molecule has 0 unspecified atom stereocenters. The van der Waals surface area contributed by atoms with Gasteiger partial charge in [0.1, 0.15) is 11.5 Å². The van der Waals surface area contributed by atoms with Crippen LogP contribution in [0.3, 0.4) is 0 Å². The van der Waals surface area contributed by atoms with E-state index in [-0.39, 0.29) is 5.91 Å². The van der Waals surface area contributed by atoms with E-state index in [2.05, 4.69) is 9.80 Å². The van der Waals surface area contributed by atoms with Crippen molar-refractivity contribution in [3.05, 3.63) is 47.2 Å². The maximum Gasteiger partial charge on any atom is 0.236 e. The molecule has 1 aromatic heterocycles. The number of piperazine rings is 1. The monoisotopic (exact) mass is 387 g/mol. The van der Waals surface area contributed by atoms with Crippen molar-refractivity contribution in [1.82, 2.24) is 14.7 Å². The fourth-order valence-corrected chi connectivity index (χ4v) is 4.08. The van der Waals surface area contributed by atoms with Crippen LogP contribution in [-0.2, 0) is 11.3 Å². The zero-order chi connectivity index (χ0) is 18.6. The average Bonchev–Trinajstić information content (AvgIpc) is 3.36. The lowest BCUT2D eigenvalue weighted by Crippen LogP contribution is -2.49. The molecular weight excluding hydrogens is 362 g/mol. The van der Waals surface area contributed by atoms with Crippen molar-refractivity contribution < 1.29 is 9.21 Å². The molecule has 5 nitrogen and oxygen atoms in total. The zero-order valence-electron chi connectivity index (χ0n) is 15.6. The standard InChI is InChI=1S/C21H26ClN3O2/c22-19-6-2-1-5-18(19)20-8-7-17(27-20)15-23-11-13-24(14-12-23)16-21(26)25-9-3-4-10-25/h1-2,5-8H,3-4,9-16H2. The number of hydrogen-bond acceptors (Lipinski definition) is 4. The van der Waals surface area contributed by atoms with Crippen molar-refractivity contribution in [2.45, 2.75) is 19.4 Å². The highest BCUT2D eigenvalue weighted by Crippen LogP contribution is 2.29. The van der Waals surface area contributed by atoms with Gasteiger partial charge < -0.3 is 9.32 Å². The average molecular weight is 388 g/mol. The number of furan rings is 1. The fourth-order valence-electron chi connectivity index (χ4n) is 3.85. The van der Waals surface area contributed by atoms with Crippen LogP contribution in [0.4, 0.5) is 0 Å². The van der Waals surface area contributed by atoms with Gasteiger partial charge in [0.05, 0.1) is 18.1 Å². The molecule has 6 heteroatoms. The van der Waals surface area contributed by atoms with E-state index in [1.807, 2.05) is 41.3 Å². The van der Waals surface area contributed by atoms with E-state index in [9.17, 15) is 4.79 Å². The van der Waals surface area contributed by atoms with Crippen LogP contribution in [0, 0.1) is 0 Å². The second kappa shape index (κ2) is 8.46. The van der Waals surface area contributed by atoms with Crippen LogP contribution in [0.2, 0.25) is 5.02 Å². The van der Waals surface area contributed by atoms with Crippen molar-refractivity contribution in [2.24, 2.45) is 0 Å². The third-order valence-electron chi connectivity index (χ3n) is 5.46. The topological polar surface area (TPSA) is 39.9 Å². The Hall–Kier alpha value is -1.82. The minimum Gasteiger partial charge on any atom is -0.460 e. The van der Waals surface area contributed by atoms with Crippen LogP contribution in [0.25, 0.3) is 11.3 Å².